The summed E-state index contributed by atoms with van der Waals surface area (Å²) in [4.78, 5) is 10.8. The van der Waals surface area contributed by atoms with Gasteiger partial charge in [-0.3, -0.25) is 0 Å². The Hall–Kier alpha value is -1.33. The van der Waals surface area contributed by atoms with E-state index >= 15 is 0 Å². The maximum atomic E-state index is 10.8. The zero-order chi connectivity index (χ0) is 13.4. The van der Waals surface area contributed by atoms with Crippen LogP contribution in [0, 0.1) is 5.92 Å². The van der Waals surface area contributed by atoms with Gasteiger partial charge < -0.3 is 19.6 Å². The van der Waals surface area contributed by atoms with Crippen molar-refractivity contribution in [2.24, 2.45) is 5.92 Å². The summed E-state index contributed by atoms with van der Waals surface area (Å²) >= 11 is 0. The molecule has 5 heteroatoms. The summed E-state index contributed by atoms with van der Waals surface area (Å²) in [7, 11) is 0. The van der Waals surface area contributed by atoms with Gasteiger partial charge in [-0.1, -0.05) is 13.8 Å². The van der Waals surface area contributed by atoms with E-state index in [1.165, 1.54) is 6.26 Å². The zero-order valence-electron chi connectivity index (χ0n) is 10.9. The lowest BCUT2D eigenvalue weighted by Crippen LogP contribution is -2.20. The first-order valence-corrected chi connectivity index (χ1v) is 6.19. The van der Waals surface area contributed by atoms with E-state index in [0.29, 0.717) is 31.2 Å². The third-order valence-corrected chi connectivity index (χ3v) is 2.52. The van der Waals surface area contributed by atoms with Gasteiger partial charge in [0.1, 0.15) is 0 Å². The highest BCUT2D eigenvalue weighted by atomic mass is 16.5. The Morgan fingerprint density at radius 1 is 1.50 bits per heavy atom. The van der Waals surface area contributed by atoms with Crippen LogP contribution in [-0.4, -0.2) is 30.8 Å². The smallest absolute Gasteiger partial charge is 0.372 e. The number of carboxylic acid groups (broad SMARTS) is 1. The average molecular weight is 255 g/mol. The lowest BCUT2D eigenvalue weighted by atomic mass is 10.1. The minimum atomic E-state index is -1.04. The second-order valence-electron chi connectivity index (χ2n) is 4.55. The normalized spacial score (nSPS) is 11.1. The first-order valence-electron chi connectivity index (χ1n) is 6.19. The molecule has 0 aromatic carbocycles. The number of furan rings is 1. The number of hydrogen-bond acceptors (Lipinski definition) is 4. The molecule has 0 saturated carbocycles. The molecule has 0 aliphatic heterocycles. The fourth-order valence-corrected chi connectivity index (χ4v) is 1.45. The van der Waals surface area contributed by atoms with Gasteiger partial charge >= 0.3 is 5.97 Å². The van der Waals surface area contributed by atoms with E-state index in [1.807, 2.05) is 0 Å². The predicted octanol–water partition coefficient (Wildman–Crippen LogP) is 2.13. The first kappa shape index (κ1) is 14.7. The molecule has 1 heterocycles. The van der Waals surface area contributed by atoms with Crippen LogP contribution in [0.15, 0.2) is 16.7 Å². The molecule has 0 aliphatic rings. The van der Waals surface area contributed by atoms with Gasteiger partial charge in [-0.2, -0.15) is 0 Å². The Morgan fingerprint density at radius 3 is 2.94 bits per heavy atom. The summed E-state index contributed by atoms with van der Waals surface area (Å²) in [6.45, 7) is 6.90. The molecule has 0 atom stereocenters. The van der Waals surface area contributed by atoms with E-state index in [2.05, 4.69) is 19.2 Å². The molecule has 1 rings (SSSR count). The minimum Gasteiger partial charge on any atom is -0.475 e. The highest BCUT2D eigenvalue weighted by Gasteiger charge is 2.12. The van der Waals surface area contributed by atoms with Crippen LogP contribution in [0.4, 0.5) is 0 Å². The van der Waals surface area contributed by atoms with Crippen LogP contribution < -0.4 is 5.32 Å². The number of ether oxygens (including phenoxy) is 1. The molecule has 0 amide bonds. The molecule has 2 N–H and O–H groups in total. The first-order chi connectivity index (χ1) is 8.61. The highest BCUT2D eigenvalue weighted by molar-refractivity contribution is 5.86. The van der Waals surface area contributed by atoms with Crippen LogP contribution in [-0.2, 0) is 11.3 Å². The quantitative estimate of drug-likeness (QED) is 0.661. The van der Waals surface area contributed by atoms with Gasteiger partial charge in [0.15, 0.2) is 0 Å². The Bertz CT molecular complexity index is 360. The predicted molar refractivity (Wildman–Crippen MR) is 67.6 cm³/mol. The molecule has 1 aromatic rings. The van der Waals surface area contributed by atoms with Gasteiger partial charge in [0.2, 0.25) is 5.76 Å². The van der Waals surface area contributed by atoms with Crippen molar-refractivity contribution < 1.29 is 19.1 Å². The second-order valence-corrected chi connectivity index (χ2v) is 4.55. The molecule has 0 saturated heterocycles. The number of carbonyl (C=O) groups is 1. The largest absolute Gasteiger partial charge is 0.475 e. The van der Waals surface area contributed by atoms with Gasteiger partial charge in [-0.25, -0.2) is 4.79 Å². The van der Waals surface area contributed by atoms with Crippen molar-refractivity contribution in [3.05, 3.63) is 23.7 Å². The van der Waals surface area contributed by atoms with Crippen LogP contribution in [0.25, 0.3) is 0 Å². The van der Waals surface area contributed by atoms with Crippen LogP contribution in [0.1, 0.15) is 36.4 Å². The summed E-state index contributed by atoms with van der Waals surface area (Å²) in [6, 6.07) is 1.66. The summed E-state index contributed by atoms with van der Waals surface area (Å²) < 4.78 is 10.3. The molecule has 0 fully saturated rings. The maximum Gasteiger partial charge on any atom is 0.372 e. The van der Waals surface area contributed by atoms with E-state index < -0.39 is 5.97 Å². The van der Waals surface area contributed by atoms with Crippen molar-refractivity contribution >= 4 is 5.97 Å². The monoisotopic (exact) mass is 255 g/mol. The van der Waals surface area contributed by atoms with E-state index in [4.69, 9.17) is 14.3 Å². The SMILES string of the molecule is CC(C)CCOCCNCc1ccoc1C(=O)O. The third-order valence-electron chi connectivity index (χ3n) is 2.52. The molecule has 0 radical (unpaired) electrons. The molecule has 1 aromatic heterocycles. The molecule has 0 aliphatic carbocycles. The number of aromatic carboxylic acids is 1. The van der Waals surface area contributed by atoms with Crippen LogP contribution in [0.3, 0.4) is 0 Å². The topological polar surface area (TPSA) is 71.7 Å². The second kappa shape index (κ2) is 7.89. The summed E-state index contributed by atoms with van der Waals surface area (Å²) in [5.74, 6) is -0.379. The van der Waals surface area contributed by atoms with Crippen molar-refractivity contribution in [1.82, 2.24) is 5.32 Å². The van der Waals surface area contributed by atoms with Crippen LogP contribution >= 0.6 is 0 Å². The Balaban J connectivity index is 2.11. The highest BCUT2D eigenvalue weighted by Crippen LogP contribution is 2.09. The molecule has 18 heavy (non-hydrogen) atoms. The number of rotatable bonds is 9. The summed E-state index contributed by atoms with van der Waals surface area (Å²) in [5, 5.41) is 12.0. The standard InChI is InChI=1S/C13H21NO4/c1-10(2)3-6-17-8-5-14-9-11-4-7-18-12(11)13(15)16/h4,7,10,14H,3,5-6,8-9H2,1-2H3,(H,15,16). The molecule has 0 spiro atoms. The van der Waals surface area contributed by atoms with Crippen molar-refractivity contribution in [2.75, 3.05) is 19.8 Å². The summed E-state index contributed by atoms with van der Waals surface area (Å²) in [6.07, 6.45) is 2.45. The number of nitrogens with one attached hydrogen (secondary N) is 1. The Kier molecular flexibility index (Phi) is 6.46. The number of carboxylic acids is 1. The molecule has 0 unspecified atom stereocenters. The van der Waals surface area contributed by atoms with Crippen LogP contribution in [0.5, 0.6) is 0 Å². The van der Waals surface area contributed by atoms with E-state index in [-0.39, 0.29) is 5.76 Å². The van der Waals surface area contributed by atoms with Gasteiger partial charge in [-0.15, -0.1) is 0 Å². The van der Waals surface area contributed by atoms with Gasteiger partial charge in [0.25, 0.3) is 0 Å². The molecule has 102 valence electrons. The minimum absolute atomic E-state index is 0.00299. The Labute approximate surface area is 107 Å². The lowest BCUT2D eigenvalue weighted by Gasteiger charge is -2.07. The van der Waals surface area contributed by atoms with Crippen molar-refractivity contribution in [1.29, 1.82) is 0 Å². The van der Waals surface area contributed by atoms with Gasteiger partial charge in [0.05, 0.1) is 12.9 Å². The summed E-state index contributed by atoms with van der Waals surface area (Å²) in [5.41, 5.74) is 0.657. The van der Waals surface area contributed by atoms with Gasteiger partial charge in [0, 0.05) is 25.3 Å². The molecule has 5 nitrogen and oxygen atoms in total. The fourth-order valence-electron chi connectivity index (χ4n) is 1.45. The Morgan fingerprint density at radius 2 is 2.28 bits per heavy atom. The lowest BCUT2D eigenvalue weighted by molar-refractivity contribution is 0.0660. The van der Waals surface area contributed by atoms with E-state index in [9.17, 15) is 4.79 Å². The third kappa shape index (κ3) is 5.33. The van der Waals surface area contributed by atoms with Crippen molar-refractivity contribution in [3.63, 3.8) is 0 Å². The van der Waals surface area contributed by atoms with Crippen LogP contribution in [0.2, 0.25) is 0 Å². The fraction of sp³-hybridized carbons (Fsp3) is 0.615. The molecule has 0 bridgehead atoms. The van der Waals surface area contributed by atoms with Crippen molar-refractivity contribution in [2.45, 2.75) is 26.8 Å². The number of hydrogen-bond donors (Lipinski definition) is 2. The van der Waals surface area contributed by atoms with E-state index in [0.717, 1.165) is 13.0 Å². The van der Waals surface area contributed by atoms with Crippen molar-refractivity contribution in [3.8, 4) is 0 Å². The van der Waals surface area contributed by atoms with Gasteiger partial charge in [-0.05, 0) is 18.4 Å². The molecular formula is C13H21NO4. The van der Waals surface area contributed by atoms with E-state index in [1.54, 1.807) is 6.07 Å². The maximum absolute atomic E-state index is 10.8. The average Bonchev–Trinajstić information content (AvgIpc) is 2.75. The zero-order valence-corrected chi connectivity index (χ0v) is 10.9. The molecular weight excluding hydrogens is 234 g/mol.